The van der Waals surface area contributed by atoms with E-state index in [2.05, 4.69) is 27.7 Å². The summed E-state index contributed by atoms with van der Waals surface area (Å²) in [5, 5.41) is 0. The molecule has 0 bridgehead atoms. The summed E-state index contributed by atoms with van der Waals surface area (Å²) in [6.07, 6.45) is 0. The molecule has 0 saturated heterocycles. The predicted molar refractivity (Wildman–Crippen MR) is 70.3 cm³/mol. The third-order valence-electron chi connectivity index (χ3n) is 2.68. The van der Waals surface area contributed by atoms with E-state index in [1.165, 1.54) is 30.7 Å². The van der Waals surface area contributed by atoms with Gasteiger partial charge >= 0.3 is 0 Å². The molecule has 0 aliphatic carbocycles. The molecule has 0 N–H and O–H groups in total. The van der Waals surface area contributed by atoms with Gasteiger partial charge in [0.15, 0.2) is 0 Å². The van der Waals surface area contributed by atoms with Gasteiger partial charge in [-0.25, -0.2) is 0 Å². The summed E-state index contributed by atoms with van der Waals surface area (Å²) in [6, 6.07) is 0. The van der Waals surface area contributed by atoms with Gasteiger partial charge in [0.05, 0.1) is 26.2 Å². The summed E-state index contributed by atoms with van der Waals surface area (Å²) < 4.78 is 1.28. The Morgan fingerprint density at radius 1 is 0.667 bits per heavy atom. The van der Waals surface area contributed by atoms with Gasteiger partial charge in [-0.3, -0.25) is 0 Å². The molecule has 80 valence electrons. The smallest absolute Gasteiger partial charge is 0.0757 e. The van der Waals surface area contributed by atoms with Crippen molar-refractivity contribution in [3.8, 4) is 0 Å². The first-order valence-corrected chi connectivity index (χ1v) is 4.09. The molecule has 0 aliphatic rings. The van der Waals surface area contributed by atoms with Crippen LogP contribution in [0.5, 0.6) is 0 Å². The highest BCUT2D eigenvalue weighted by Gasteiger charge is 2.16. The molecule has 0 radical (unpaired) electrons. The summed E-state index contributed by atoms with van der Waals surface area (Å²) >= 11 is 0. The van der Waals surface area contributed by atoms with E-state index in [4.69, 9.17) is 0 Å². The SMILES string of the molecule is Br.Br.CC[N+](CC)(CC)CC.Cl. The molecule has 0 aliphatic heterocycles. The minimum atomic E-state index is 0. The largest absolute Gasteiger partial charge is 0.325 e. The third kappa shape index (κ3) is 6.70. The van der Waals surface area contributed by atoms with Crippen molar-refractivity contribution in [1.29, 1.82) is 0 Å². The molecule has 0 aromatic heterocycles. The molecule has 0 aromatic rings. The van der Waals surface area contributed by atoms with Gasteiger partial charge in [-0.1, -0.05) is 0 Å². The molecule has 0 unspecified atom stereocenters. The van der Waals surface area contributed by atoms with Crippen molar-refractivity contribution in [2.45, 2.75) is 27.7 Å². The highest BCUT2D eigenvalue weighted by molar-refractivity contribution is 8.93. The maximum absolute atomic E-state index is 2.27. The number of halogens is 3. The van der Waals surface area contributed by atoms with Crippen LogP contribution in [0.25, 0.3) is 0 Å². The van der Waals surface area contributed by atoms with Gasteiger partial charge in [-0.15, -0.1) is 46.4 Å². The average molecular weight is 329 g/mol. The van der Waals surface area contributed by atoms with Crippen LogP contribution in [0.2, 0.25) is 0 Å². The van der Waals surface area contributed by atoms with E-state index in [0.717, 1.165) is 0 Å². The summed E-state index contributed by atoms with van der Waals surface area (Å²) in [5.74, 6) is 0. The number of hydrogen-bond acceptors (Lipinski definition) is 0. The third-order valence-corrected chi connectivity index (χ3v) is 2.68. The Morgan fingerprint density at radius 2 is 0.833 bits per heavy atom. The van der Waals surface area contributed by atoms with Crippen LogP contribution in [-0.2, 0) is 0 Å². The van der Waals surface area contributed by atoms with Crippen LogP contribution < -0.4 is 0 Å². The average Bonchev–Trinajstić information content (AvgIpc) is 1.95. The Balaban J connectivity index is -0.000000107. The first kappa shape index (κ1) is 23.2. The molecule has 0 saturated carbocycles. The molecule has 0 heterocycles. The van der Waals surface area contributed by atoms with Crippen LogP contribution >= 0.6 is 46.4 Å². The second-order valence-corrected chi connectivity index (χ2v) is 2.61. The van der Waals surface area contributed by atoms with E-state index in [0.29, 0.717) is 0 Å². The second-order valence-electron chi connectivity index (χ2n) is 2.61. The topological polar surface area (TPSA) is 0 Å². The summed E-state index contributed by atoms with van der Waals surface area (Å²) in [6.45, 7) is 14.2. The lowest BCUT2D eigenvalue weighted by atomic mass is 10.3. The van der Waals surface area contributed by atoms with Crippen LogP contribution in [0, 0.1) is 0 Å². The second kappa shape index (κ2) is 12.2. The Kier molecular flexibility index (Phi) is 23.6. The lowest BCUT2D eigenvalue weighted by molar-refractivity contribution is -0.921. The summed E-state index contributed by atoms with van der Waals surface area (Å²) in [7, 11) is 0. The van der Waals surface area contributed by atoms with Gasteiger partial charge in [-0.05, 0) is 27.7 Å². The summed E-state index contributed by atoms with van der Waals surface area (Å²) in [4.78, 5) is 0. The zero-order chi connectivity index (χ0) is 7.33. The van der Waals surface area contributed by atoms with Crippen LogP contribution in [0.1, 0.15) is 27.7 Å². The number of hydrogen-bond donors (Lipinski definition) is 0. The molecule has 1 nitrogen and oxygen atoms in total. The predicted octanol–water partition coefficient (Wildman–Crippen LogP) is 3.46. The number of quaternary nitrogens is 1. The van der Waals surface area contributed by atoms with Crippen LogP contribution in [0.15, 0.2) is 0 Å². The van der Waals surface area contributed by atoms with E-state index in [1.807, 2.05) is 0 Å². The van der Waals surface area contributed by atoms with Gasteiger partial charge in [0.2, 0.25) is 0 Å². The Bertz CT molecular complexity index is 59.9. The fourth-order valence-corrected chi connectivity index (χ4v) is 1.34. The van der Waals surface area contributed by atoms with Gasteiger partial charge in [-0.2, -0.15) is 0 Å². The first-order chi connectivity index (χ1) is 4.24. The van der Waals surface area contributed by atoms with E-state index in [1.54, 1.807) is 0 Å². The van der Waals surface area contributed by atoms with Crippen molar-refractivity contribution in [3.05, 3.63) is 0 Å². The molecule has 12 heavy (non-hydrogen) atoms. The van der Waals surface area contributed by atoms with Crippen molar-refractivity contribution in [1.82, 2.24) is 0 Å². The van der Waals surface area contributed by atoms with E-state index in [-0.39, 0.29) is 46.4 Å². The Hall–Kier alpha value is 1.21. The molecule has 4 heteroatoms. The van der Waals surface area contributed by atoms with Gasteiger partial charge in [0.1, 0.15) is 0 Å². The Morgan fingerprint density at radius 3 is 0.833 bits per heavy atom. The van der Waals surface area contributed by atoms with Crippen molar-refractivity contribution in [2.75, 3.05) is 26.2 Å². The van der Waals surface area contributed by atoms with Gasteiger partial charge in [0, 0.05) is 0 Å². The molecule has 0 fully saturated rings. The lowest BCUT2D eigenvalue weighted by Gasteiger charge is -2.34. The van der Waals surface area contributed by atoms with Crippen LogP contribution in [0.4, 0.5) is 0 Å². The van der Waals surface area contributed by atoms with Gasteiger partial charge < -0.3 is 4.48 Å². The molecule has 0 atom stereocenters. The van der Waals surface area contributed by atoms with E-state index >= 15 is 0 Å². The minimum Gasteiger partial charge on any atom is -0.325 e. The van der Waals surface area contributed by atoms with Crippen molar-refractivity contribution >= 4 is 46.4 Å². The van der Waals surface area contributed by atoms with Crippen molar-refractivity contribution in [2.24, 2.45) is 0 Å². The maximum atomic E-state index is 2.27. The van der Waals surface area contributed by atoms with E-state index in [9.17, 15) is 0 Å². The van der Waals surface area contributed by atoms with Crippen molar-refractivity contribution < 1.29 is 4.48 Å². The molecule has 0 aromatic carbocycles. The highest BCUT2D eigenvalue weighted by atomic mass is 79.9. The number of nitrogens with zero attached hydrogens (tertiary/aromatic N) is 1. The van der Waals surface area contributed by atoms with Crippen LogP contribution in [0.3, 0.4) is 0 Å². The Labute approximate surface area is 104 Å². The van der Waals surface area contributed by atoms with Gasteiger partial charge in [0.25, 0.3) is 0 Å². The monoisotopic (exact) mass is 326 g/mol. The minimum absolute atomic E-state index is 0. The molecular formula is C8H23Br2ClN+. The van der Waals surface area contributed by atoms with E-state index < -0.39 is 0 Å². The maximum Gasteiger partial charge on any atom is 0.0757 e. The molecule has 0 spiro atoms. The molecular weight excluding hydrogens is 305 g/mol. The lowest BCUT2D eigenvalue weighted by Crippen LogP contribution is -2.47. The number of rotatable bonds is 4. The summed E-state index contributed by atoms with van der Waals surface area (Å²) in [5.41, 5.74) is 0. The quantitative estimate of drug-likeness (QED) is 0.693. The molecule has 0 rings (SSSR count). The first-order valence-electron chi connectivity index (χ1n) is 4.09. The fourth-order valence-electron chi connectivity index (χ4n) is 1.34. The normalized spacial score (nSPS) is 9.00. The van der Waals surface area contributed by atoms with Crippen LogP contribution in [-0.4, -0.2) is 30.7 Å². The zero-order valence-electron chi connectivity index (χ0n) is 8.50. The van der Waals surface area contributed by atoms with Crippen molar-refractivity contribution in [3.63, 3.8) is 0 Å². The zero-order valence-corrected chi connectivity index (χ0v) is 12.7. The highest BCUT2D eigenvalue weighted by Crippen LogP contribution is 2.03. The molecule has 0 amide bonds. The standard InChI is InChI=1S/C8H20N.2BrH.ClH/c1-5-9(6-2,7-3)8-4;;;/h5-8H2,1-4H3;3*1H/q+1;;;. The fraction of sp³-hybridized carbons (Fsp3) is 1.00.